The lowest BCUT2D eigenvalue weighted by atomic mass is 9.80. The highest BCUT2D eigenvalue weighted by atomic mass is 32.2. The van der Waals surface area contributed by atoms with Crippen LogP contribution >= 0.6 is 35.3 Å². The van der Waals surface area contributed by atoms with Gasteiger partial charge in [0.1, 0.15) is 5.78 Å². The van der Waals surface area contributed by atoms with Crippen LogP contribution in [0.4, 0.5) is 0 Å². The molecule has 0 aromatic heterocycles. The Balaban J connectivity index is 2.10. The second-order valence-corrected chi connectivity index (χ2v) is 8.09. The van der Waals surface area contributed by atoms with Crippen LogP contribution in [0.25, 0.3) is 0 Å². The van der Waals surface area contributed by atoms with Crippen molar-refractivity contribution in [3.63, 3.8) is 0 Å². The van der Waals surface area contributed by atoms with Gasteiger partial charge in [-0.25, -0.2) is 0 Å². The lowest BCUT2D eigenvalue weighted by molar-refractivity contribution is -0.132. The maximum absolute atomic E-state index is 12.0. The van der Waals surface area contributed by atoms with Crippen LogP contribution in [0, 0.1) is 11.8 Å². The number of carbonyl (C=O) groups excluding carboxylic acids is 2. The number of hydrogen-bond acceptors (Lipinski definition) is 5. The van der Waals surface area contributed by atoms with Crippen molar-refractivity contribution >= 4 is 46.2 Å². The Kier molecular flexibility index (Phi) is 5.30. The minimum absolute atomic E-state index is 0.0893. The monoisotopic (exact) mass is 290 g/mol. The third kappa shape index (κ3) is 3.24. The highest BCUT2D eigenvalue weighted by molar-refractivity contribution is 8.17. The second-order valence-electron chi connectivity index (χ2n) is 4.49. The van der Waals surface area contributed by atoms with Crippen molar-refractivity contribution in [3.8, 4) is 0 Å². The van der Waals surface area contributed by atoms with Crippen molar-refractivity contribution in [2.75, 3.05) is 17.8 Å². The standard InChI is InChI=1S/C12H18O2S3/c1-15-11(14)10-8(4-2-5-9(10)13)12-16-6-3-7-17-12/h8,10,12H,2-7H2,1H3. The minimum Gasteiger partial charge on any atom is -0.299 e. The summed E-state index contributed by atoms with van der Waals surface area (Å²) in [4.78, 5) is 23.9. The molecule has 2 nitrogen and oxygen atoms in total. The molecular formula is C12H18O2S3. The molecule has 2 atom stereocenters. The number of carbonyl (C=O) groups is 2. The fourth-order valence-corrected chi connectivity index (χ4v) is 6.43. The van der Waals surface area contributed by atoms with Gasteiger partial charge in [0.05, 0.1) is 10.5 Å². The number of ketones is 1. The molecule has 5 heteroatoms. The van der Waals surface area contributed by atoms with Gasteiger partial charge in [-0.1, -0.05) is 11.8 Å². The molecule has 96 valence electrons. The van der Waals surface area contributed by atoms with Gasteiger partial charge in [-0.15, -0.1) is 23.5 Å². The summed E-state index contributed by atoms with van der Waals surface area (Å²) in [5.74, 6) is 2.52. The molecule has 1 saturated heterocycles. The summed E-state index contributed by atoms with van der Waals surface area (Å²) in [6.07, 6.45) is 5.68. The highest BCUT2D eigenvalue weighted by Crippen LogP contribution is 2.44. The number of Topliss-reactive ketones (excluding diaryl/α,β-unsaturated/α-hetero) is 1. The minimum atomic E-state index is -0.318. The van der Waals surface area contributed by atoms with Crippen LogP contribution in [0.5, 0.6) is 0 Å². The average Bonchev–Trinajstić information content (AvgIpc) is 2.38. The molecule has 0 aromatic rings. The van der Waals surface area contributed by atoms with Crippen LogP contribution in [-0.2, 0) is 9.59 Å². The first-order valence-electron chi connectivity index (χ1n) is 6.08. The molecule has 2 fully saturated rings. The van der Waals surface area contributed by atoms with Crippen LogP contribution in [0.1, 0.15) is 25.7 Å². The van der Waals surface area contributed by atoms with Crippen LogP contribution in [0.2, 0.25) is 0 Å². The molecule has 0 aromatic carbocycles. The molecule has 1 saturated carbocycles. The second kappa shape index (κ2) is 6.53. The van der Waals surface area contributed by atoms with E-state index in [0.717, 1.165) is 12.8 Å². The molecule has 0 spiro atoms. The van der Waals surface area contributed by atoms with E-state index in [4.69, 9.17) is 0 Å². The summed E-state index contributed by atoms with van der Waals surface area (Å²) < 4.78 is 0.467. The van der Waals surface area contributed by atoms with Gasteiger partial charge in [0, 0.05) is 6.42 Å². The Labute approximate surface area is 115 Å². The van der Waals surface area contributed by atoms with Gasteiger partial charge in [-0.05, 0) is 42.9 Å². The lowest BCUT2D eigenvalue weighted by Crippen LogP contribution is -2.38. The van der Waals surface area contributed by atoms with E-state index >= 15 is 0 Å². The van der Waals surface area contributed by atoms with E-state index in [-0.39, 0.29) is 22.7 Å². The maximum Gasteiger partial charge on any atom is 0.199 e. The van der Waals surface area contributed by atoms with Gasteiger partial charge >= 0.3 is 0 Å². The van der Waals surface area contributed by atoms with Crippen molar-refractivity contribution in [1.82, 2.24) is 0 Å². The van der Waals surface area contributed by atoms with Crippen molar-refractivity contribution in [2.45, 2.75) is 30.3 Å². The molecule has 2 rings (SSSR count). The molecule has 0 bridgehead atoms. The van der Waals surface area contributed by atoms with E-state index in [0.29, 0.717) is 11.0 Å². The fraction of sp³-hybridized carbons (Fsp3) is 0.833. The summed E-state index contributed by atoms with van der Waals surface area (Å²) in [6, 6.07) is 0. The van der Waals surface area contributed by atoms with Crippen LogP contribution in [-0.4, -0.2) is 33.2 Å². The van der Waals surface area contributed by atoms with Crippen LogP contribution in [0.15, 0.2) is 0 Å². The van der Waals surface area contributed by atoms with E-state index < -0.39 is 0 Å². The maximum atomic E-state index is 12.0. The number of hydrogen-bond donors (Lipinski definition) is 0. The Morgan fingerprint density at radius 3 is 2.65 bits per heavy atom. The first-order valence-corrected chi connectivity index (χ1v) is 9.40. The molecule has 1 heterocycles. The van der Waals surface area contributed by atoms with Crippen molar-refractivity contribution < 1.29 is 9.59 Å². The predicted molar refractivity (Wildman–Crippen MR) is 77.7 cm³/mol. The summed E-state index contributed by atoms with van der Waals surface area (Å²) in [7, 11) is 0. The molecule has 17 heavy (non-hydrogen) atoms. The van der Waals surface area contributed by atoms with Crippen LogP contribution in [0.3, 0.4) is 0 Å². The topological polar surface area (TPSA) is 34.1 Å². The van der Waals surface area contributed by atoms with E-state index in [2.05, 4.69) is 0 Å². The third-order valence-corrected chi connectivity index (χ3v) is 7.27. The van der Waals surface area contributed by atoms with Gasteiger partial charge in [-0.3, -0.25) is 9.59 Å². The molecule has 0 radical (unpaired) electrons. The van der Waals surface area contributed by atoms with Gasteiger partial charge in [0.15, 0.2) is 5.12 Å². The fourth-order valence-electron chi connectivity index (χ4n) is 2.55. The van der Waals surface area contributed by atoms with Gasteiger partial charge in [-0.2, -0.15) is 0 Å². The van der Waals surface area contributed by atoms with Gasteiger partial charge in [0.2, 0.25) is 0 Å². The summed E-state index contributed by atoms with van der Waals surface area (Å²) in [5, 5.41) is 0.0893. The first-order chi connectivity index (χ1) is 8.24. The molecule has 0 N–H and O–H groups in total. The normalized spacial score (nSPS) is 31.5. The van der Waals surface area contributed by atoms with Gasteiger partial charge in [0.25, 0.3) is 0 Å². The molecule has 1 aliphatic heterocycles. The summed E-state index contributed by atoms with van der Waals surface area (Å²) >= 11 is 5.13. The van der Waals surface area contributed by atoms with Crippen molar-refractivity contribution in [1.29, 1.82) is 0 Å². The zero-order chi connectivity index (χ0) is 12.3. The Morgan fingerprint density at radius 1 is 1.29 bits per heavy atom. The Bertz CT molecular complexity index is 292. The molecule has 0 amide bonds. The van der Waals surface area contributed by atoms with E-state index in [9.17, 15) is 9.59 Å². The Hall–Kier alpha value is 0.390. The van der Waals surface area contributed by atoms with Crippen molar-refractivity contribution in [3.05, 3.63) is 0 Å². The van der Waals surface area contributed by atoms with Gasteiger partial charge < -0.3 is 0 Å². The first kappa shape index (κ1) is 13.8. The lowest BCUT2D eigenvalue weighted by Gasteiger charge is -2.36. The summed E-state index contributed by atoms with van der Waals surface area (Å²) in [5.41, 5.74) is 0. The largest absolute Gasteiger partial charge is 0.299 e. The molecule has 1 aliphatic carbocycles. The highest BCUT2D eigenvalue weighted by Gasteiger charge is 2.41. The van der Waals surface area contributed by atoms with E-state index in [1.165, 1.54) is 29.7 Å². The quantitative estimate of drug-likeness (QED) is 0.730. The van der Waals surface area contributed by atoms with E-state index in [1.807, 2.05) is 23.5 Å². The number of rotatable bonds is 2. The third-order valence-electron chi connectivity index (χ3n) is 3.39. The zero-order valence-corrected chi connectivity index (χ0v) is 12.5. The van der Waals surface area contributed by atoms with E-state index in [1.54, 1.807) is 6.26 Å². The zero-order valence-electron chi connectivity index (χ0n) is 10.0. The number of thioether (sulfide) groups is 3. The predicted octanol–water partition coefficient (Wildman–Crippen LogP) is 3.06. The van der Waals surface area contributed by atoms with Crippen LogP contribution < -0.4 is 0 Å². The smallest absolute Gasteiger partial charge is 0.199 e. The molecule has 2 aliphatic rings. The average molecular weight is 290 g/mol. The Morgan fingerprint density at radius 2 is 2.00 bits per heavy atom. The summed E-state index contributed by atoms with van der Waals surface area (Å²) in [6.45, 7) is 0. The molecular weight excluding hydrogens is 272 g/mol. The van der Waals surface area contributed by atoms with Crippen molar-refractivity contribution in [2.24, 2.45) is 11.8 Å². The SMILES string of the molecule is CSC(=O)C1C(=O)CCCC1C1SCCCS1. The molecule has 2 unspecified atom stereocenters.